The van der Waals surface area contributed by atoms with Crippen molar-refractivity contribution in [2.75, 3.05) is 20.8 Å². The minimum Gasteiger partial charge on any atom is -0.497 e. The normalized spacial score (nSPS) is 12.5. The Morgan fingerprint density at radius 2 is 2.00 bits per heavy atom. The van der Waals surface area contributed by atoms with Gasteiger partial charge in [-0.25, -0.2) is 0 Å². The smallest absolute Gasteiger partial charge is 0.119 e. The quantitative estimate of drug-likeness (QED) is 0.807. The van der Waals surface area contributed by atoms with E-state index < -0.39 is 0 Å². The number of hydrogen-bond acceptors (Lipinski definition) is 3. The van der Waals surface area contributed by atoms with Crippen molar-refractivity contribution >= 4 is 0 Å². The lowest BCUT2D eigenvalue weighted by Gasteiger charge is -2.12. The van der Waals surface area contributed by atoms with E-state index in [-0.39, 0.29) is 12.5 Å². The van der Waals surface area contributed by atoms with Crippen LogP contribution < -0.4 is 4.74 Å². The molecule has 15 heavy (non-hydrogen) atoms. The van der Waals surface area contributed by atoms with Crippen LogP contribution in [0.5, 0.6) is 5.75 Å². The van der Waals surface area contributed by atoms with Crippen molar-refractivity contribution < 1.29 is 14.6 Å². The van der Waals surface area contributed by atoms with Gasteiger partial charge in [-0.1, -0.05) is 13.0 Å². The first kappa shape index (κ1) is 12.0. The van der Waals surface area contributed by atoms with E-state index in [4.69, 9.17) is 14.6 Å². The number of ether oxygens (including phenoxy) is 2. The molecular formula is C12H18O3. The zero-order valence-electron chi connectivity index (χ0n) is 9.49. The minimum atomic E-state index is 0.121. The van der Waals surface area contributed by atoms with Crippen LogP contribution in [0.25, 0.3) is 0 Å². The highest BCUT2D eigenvalue weighted by atomic mass is 16.5. The van der Waals surface area contributed by atoms with E-state index in [0.717, 1.165) is 16.9 Å². The lowest BCUT2D eigenvalue weighted by molar-refractivity contribution is 0.184. The van der Waals surface area contributed by atoms with E-state index in [1.807, 2.05) is 25.1 Å². The van der Waals surface area contributed by atoms with Gasteiger partial charge in [-0.2, -0.15) is 0 Å². The zero-order chi connectivity index (χ0) is 11.3. The fraction of sp³-hybridized carbons (Fsp3) is 0.500. The van der Waals surface area contributed by atoms with Crippen LogP contribution in [0.15, 0.2) is 18.2 Å². The largest absolute Gasteiger partial charge is 0.497 e. The summed E-state index contributed by atoms with van der Waals surface area (Å²) in [6.45, 7) is 2.67. The summed E-state index contributed by atoms with van der Waals surface area (Å²) in [6.07, 6.45) is 0. The molecule has 0 saturated heterocycles. The van der Waals surface area contributed by atoms with Gasteiger partial charge in [-0.05, 0) is 23.3 Å². The van der Waals surface area contributed by atoms with Crippen molar-refractivity contribution in [3.05, 3.63) is 29.3 Å². The molecule has 0 radical (unpaired) electrons. The van der Waals surface area contributed by atoms with Crippen molar-refractivity contribution in [2.45, 2.75) is 19.4 Å². The van der Waals surface area contributed by atoms with Gasteiger partial charge in [0.15, 0.2) is 0 Å². The Kier molecular flexibility index (Phi) is 4.59. The second kappa shape index (κ2) is 5.73. The summed E-state index contributed by atoms with van der Waals surface area (Å²) < 4.78 is 10.3. The lowest BCUT2D eigenvalue weighted by atomic mass is 9.99. The Balaban J connectivity index is 2.99. The third-order valence-electron chi connectivity index (χ3n) is 2.38. The molecule has 0 aliphatic rings. The van der Waals surface area contributed by atoms with Crippen molar-refractivity contribution in [3.8, 4) is 5.75 Å². The Morgan fingerprint density at radius 1 is 1.27 bits per heavy atom. The first-order valence-electron chi connectivity index (χ1n) is 4.99. The highest BCUT2D eigenvalue weighted by Gasteiger charge is 2.07. The van der Waals surface area contributed by atoms with Gasteiger partial charge >= 0.3 is 0 Å². The Labute approximate surface area is 90.6 Å². The Bertz CT molecular complexity index is 310. The lowest BCUT2D eigenvalue weighted by Crippen LogP contribution is -2.01. The van der Waals surface area contributed by atoms with Gasteiger partial charge in [0.05, 0.1) is 13.7 Å². The zero-order valence-corrected chi connectivity index (χ0v) is 9.49. The van der Waals surface area contributed by atoms with Crippen molar-refractivity contribution in [2.24, 2.45) is 0 Å². The molecule has 1 rings (SSSR count). The predicted molar refractivity (Wildman–Crippen MR) is 59.2 cm³/mol. The molecule has 3 heteroatoms. The summed E-state index contributed by atoms with van der Waals surface area (Å²) in [7, 11) is 3.30. The van der Waals surface area contributed by atoms with E-state index in [9.17, 15) is 0 Å². The van der Waals surface area contributed by atoms with Crippen molar-refractivity contribution in [1.29, 1.82) is 0 Å². The number of rotatable bonds is 5. The molecule has 0 heterocycles. The van der Waals surface area contributed by atoms with E-state index >= 15 is 0 Å². The van der Waals surface area contributed by atoms with E-state index in [0.29, 0.717) is 6.61 Å². The molecule has 0 saturated carbocycles. The molecule has 0 aliphatic heterocycles. The number of aliphatic hydroxyl groups is 1. The SMILES string of the molecule is COCc1cc(OC)cc(C(C)CO)c1. The van der Waals surface area contributed by atoms with Gasteiger partial charge in [-0.15, -0.1) is 0 Å². The van der Waals surface area contributed by atoms with Crippen LogP contribution in [-0.4, -0.2) is 25.9 Å². The number of benzene rings is 1. The van der Waals surface area contributed by atoms with Gasteiger partial charge in [0.25, 0.3) is 0 Å². The molecule has 1 aromatic rings. The average Bonchev–Trinajstić information content (AvgIpc) is 2.28. The van der Waals surface area contributed by atoms with Crippen LogP contribution in [0.1, 0.15) is 24.0 Å². The molecular weight excluding hydrogens is 192 g/mol. The molecule has 1 unspecified atom stereocenters. The van der Waals surface area contributed by atoms with Crippen LogP contribution in [-0.2, 0) is 11.3 Å². The fourth-order valence-electron chi connectivity index (χ4n) is 1.44. The summed E-state index contributed by atoms with van der Waals surface area (Å²) >= 11 is 0. The molecule has 0 spiro atoms. The Hall–Kier alpha value is -1.06. The van der Waals surface area contributed by atoms with E-state index in [1.54, 1.807) is 14.2 Å². The maximum atomic E-state index is 9.10. The third kappa shape index (κ3) is 3.22. The van der Waals surface area contributed by atoms with E-state index in [2.05, 4.69) is 0 Å². The summed E-state index contributed by atoms with van der Waals surface area (Å²) in [5, 5.41) is 9.10. The second-order valence-electron chi connectivity index (χ2n) is 3.63. The van der Waals surface area contributed by atoms with Crippen LogP contribution in [0.4, 0.5) is 0 Å². The molecule has 0 bridgehead atoms. The molecule has 3 nitrogen and oxygen atoms in total. The first-order valence-corrected chi connectivity index (χ1v) is 4.99. The van der Waals surface area contributed by atoms with Crippen LogP contribution in [0.3, 0.4) is 0 Å². The van der Waals surface area contributed by atoms with Gasteiger partial charge < -0.3 is 14.6 Å². The third-order valence-corrected chi connectivity index (χ3v) is 2.38. The van der Waals surface area contributed by atoms with Crippen molar-refractivity contribution in [3.63, 3.8) is 0 Å². The average molecular weight is 210 g/mol. The topological polar surface area (TPSA) is 38.7 Å². The maximum Gasteiger partial charge on any atom is 0.119 e. The van der Waals surface area contributed by atoms with Crippen LogP contribution in [0, 0.1) is 0 Å². The maximum absolute atomic E-state index is 9.10. The van der Waals surface area contributed by atoms with Crippen molar-refractivity contribution in [1.82, 2.24) is 0 Å². The van der Waals surface area contributed by atoms with Gasteiger partial charge in [-0.3, -0.25) is 0 Å². The number of methoxy groups -OCH3 is 2. The van der Waals surface area contributed by atoms with Gasteiger partial charge in [0.2, 0.25) is 0 Å². The number of aliphatic hydroxyl groups excluding tert-OH is 1. The van der Waals surface area contributed by atoms with E-state index in [1.165, 1.54) is 0 Å². The first-order chi connectivity index (χ1) is 7.21. The Morgan fingerprint density at radius 3 is 2.53 bits per heavy atom. The minimum absolute atomic E-state index is 0.121. The summed E-state index contributed by atoms with van der Waals surface area (Å²) in [6, 6.07) is 5.92. The highest BCUT2D eigenvalue weighted by molar-refractivity contribution is 5.36. The summed E-state index contributed by atoms with van der Waals surface area (Å²) in [4.78, 5) is 0. The standard InChI is InChI=1S/C12H18O3/c1-9(7-13)11-4-10(8-14-2)5-12(6-11)15-3/h4-6,9,13H,7-8H2,1-3H3. The molecule has 1 N–H and O–H groups in total. The fourth-order valence-corrected chi connectivity index (χ4v) is 1.44. The highest BCUT2D eigenvalue weighted by Crippen LogP contribution is 2.23. The molecule has 0 aliphatic carbocycles. The van der Waals surface area contributed by atoms with Crippen LogP contribution >= 0.6 is 0 Å². The molecule has 1 aromatic carbocycles. The monoisotopic (exact) mass is 210 g/mol. The van der Waals surface area contributed by atoms with Gasteiger partial charge in [0, 0.05) is 19.6 Å². The second-order valence-corrected chi connectivity index (χ2v) is 3.63. The predicted octanol–water partition coefficient (Wildman–Crippen LogP) is 1.94. The molecule has 0 fully saturated rings. The molecule has 84 valence electrons. The molecule has 1 atom stereocenters. The molecule has 0 aromatic heterocycles. The van der Waals surface area contributed by atoms with Gasteiger partial charge in [0.1, 0.15) is 5.75 Å². The summed E-state index contributed by atoms with van der Waals surface area (Å²) in [5.74, 6) is 0.926. The van der Waals surface area contributed by atoms with Crippen LogP contribution in [0.2, 0.25) is 0 Å². The summed E-state index contributed by atoms with van der Waals surface area (Å²) in [5.41, 5.74) is 2.14. The number of hydrogen-bond donors (Lipinski definition) is 1. The molecule has 0 amide bonds.